The number of pyridine rings is 1. The first-order valence-corrected chi connectivity index (χ1v) is 5.10. The normalized spacial score (nSPS) is 9.94. The minimum atomic E-state index is -0.430. The molecule has 1 aromatic carbocycles. The third kappa shape index (κ3) is 2.42. The van der Waals surface area contributed by atoms with Crippen molar-refractivity contribution in [2.24, 2.45) is 5.73 Å². The molecule has 0 aliphatic heterocycles. The predicted molar refractivity (Wildman–Crippen MR) is 64.7 cm³/mol. The maximum Gasteiger partial charge on any atom is 0.248 e. The highest BCUT2D eigenvalue weighted by Crippen LogP contribution is 2.22. The Morgan fingerprint density at radius 3 is 2.47 bits per heavy atom. The second kappa shape index (κ2) is 4.65. The third-order valence-corrected chi connectivity index (χ3v) is 2.45. The van der Waals surface area contributed by atoms with Crippen LogP contribution in [0.2, 0.25) is 0 Å². The van der Waals surface area contributed by atoms with E-state index in [1.807, 2.05) is 18.2 Å². The predicted octanol–water partition coefficient (Wildman–Crippen LogP) is 1.86. The summed E-state index contributed by atoms with van der Waals surface area (Å²) in [5.74, 6) is 0.266. The molecule has 1 amide bonds. The Bertz CT molecular complexity index is 535. The Balaban J connectivity index is 2.36. The number of amides is 1. The second-order valence-corrected chi connectivity index (χ2v) is 3.56. The van der Waals surface area contributed by atoms with Gasteiger partial charge in [0.15, 0.2) is 0 Å². The molecule has 0 atom stereocenters. The lowest BCUT2D eigenvalue weighted by atomic mass is 10.1. The molecule has 2 N–H and O–H groups in total. The fraction of sp³-hybridized carbons (Fsp3) is 0.0769. The van der Waals surface area contributed by atoms with Gasteiger partial charge in [-0.05, 0) is 23.8 Å². The summed E-state index contributed by atoms with van der Waals surface area (Å²) in [6.07, 6.45) is 3.38. The standard InChI is InChI=1S/C13H12N2O2/c1-17-12-6-11(7-15-8-12)9-2-4-10(5-3-9)13(14)16/h2-8H,1H3,(H2,14,16). The molecule has 0 fully saturated rings. The van der Waals surface area contributed by atoms with Crippen LogP contribution in [0.4, 0.5) is 0 Å². The van der Waals surface area contributed by atoms with Gasteiger partial charge in [-0.15, -0.1) is 0 Å². The Morgan fingerprint density at radius 1 is 1.18 bits per heavy atom. The third-order valence-electron chi connectivity index (χ3n) is 2.45. The van der Waals surface area contributed by atoms with E-state index in [1.165, 1.54) is 0 Å². The molecule has 0 unspecified atom stereocenters. The molecule has 0 saturated carbocycles. The number of primary amides is 1. The molecule has 0 aliphatic carbocycles. The number of hydrogen-bond acceptors (Lipinski definition) is 3. The van der Waals surface area contributed by atoms with Crippen LogP contribution in [-0.4, -0.2) is 18.0 Å². The SMILES string of the molecule is COc1cncc(-c2ccc(C(N)=O)cc2)c1. The fourth-order valence-electron chi connectivity index (χ4n) is 1.52. The van der Waals surface area contributed by atoms with E-state index in [0.717, 1.165) is 11.1 Å². The van der Waals surface area contributed by atoms with Gasteiger partial charge in [-0.2, -0.15) is 0 Å². The van der Waals surface area contributed by atoms with Gasteiger partial charge in [0.05, 0.1) is 13.3 Å². The van der Waals surface area contributed by atoms with Gasteiger partial charge < -0.3 is 10.5 Å². The van der Waals surface area contributed by atoms with Crippen LogP contribution in [-0.2, 0) is 0 Å². The molecule has 0 aliphatic rings. The lowest BCUT2D eigenvalue weighted by molar-refractivity contribution is 0.100. The zero-order chi connectivity index (χ0) is 12.3. The Morgan fingerprint density at radius 2 is 1.88 bits per heavy atom. The number of aromatic nitrogens is 1. The number of carbonyl (C=O) groups excluding carboxylic acids is 1. The first-order chi connectivity index (χ1) is 8.20. The summed E-state index contributed by atoms with van der Waals surface area (Å²) in [7, 11) is 1.59. The van der Waals surface area contributed by atoms with Crippen LogP contribution in [0.25, 0.3) is 11.1 Å². The van der Waals surface area contributed by atoms with Crippen molar-refractivity contribution in [2.75, 3.05) is 7.11 Å². The lowest BCUT2D eigenvalue weighted by Gasteiger charge is -2.04. The molecule has 0 saturated heterocycles. The van der Waals surface area contributed by atoms with Crippen molar-refractivity contribution in [1.29, 1.82) is 0 Å². The van der Waals surface area contributed by atoms with Gasteiger partial charge in [0.25, 0.3) is 0 Å². The molecule has 0 radical (unpaired) electrons. The minimum Gasteiger partial charge on any atom is -0.495 e. The van der Waals surface area contributed by atoms with E-state index in [9.17, 15) is 4.79 Å². The van der Waals surface area contributed by atoms with E-state index in [4.69, 9.17) is 10.5 Å². The number of benzene rings is 1. The molecule has 4 heteroatoms. The van der Waals surface area contributed by atoms with Crippen LogP contribution in [0, 0.1) is 0 Å². The molecular formula is C13H12N2O2. The number of nitrogens with zero attached hydrogens (tertiary/aromatic N) is 1. The lowest BCUT2D eigenvalue weighted by Crippen LogP contribution is -2.10. The van der Waals surface area contributed by atoms with Crippen LogP contribution in [0.3, 0.4) is 0 Å². The molecule has 2 rings (SSSR count). The molecule has 1 heterocycles. The molecule has 0 spiro atoms. The number of nitrogens with two attached hydrogens (primary N) is 1. The average Bonchev–Trinajstić information content (AvgIpc) is 2.39. The van der Waals surface area contributed by atoms with E-state index in [0.29, 0.717) is 11.3 Å². The summed E-state index contributed by atoms with van der Waals surface area (Å²) in [6, 6.07) is 8.92. The van der Waals surface area contributed by atoms with Gasteiger partial charge in [0, 0.05) is 17.3 Å². The van der Waals surface area contributed by atoms with Gasteiger partial charge in [-0.25, -0.2) is 0 Å². The van der Waals surface area contributed by atoms with Crippen molar-refractivity contribution >= 4 is 5.91 Å². The highest BCUT2D eigenvalue weighted by Gasteiger charge is 2.03. The molecule has 4 nitrogen and oxygen atoms in total. The second-order valence-electron chi connectivity index (χ2n) is 3.56. The van der Waals surface area contributed by atoms with Crippen molar-refractivity contribution in [3.63, 3.8) is 0 Å². The first kappa shape index (κ1) is 11.1. The van der Waals surface area contributed by atoms with Crippen molar-refractivity contribution in [2.45, 2.75) is 0 Å². The van der Waals surface area contributed by atoms with Gasteiger partial charge in [0.1, 0.15) is 5.75 Å². The number of ether oxygens (including phenoxy) is 1. The van der Waals surface area contributed by atoms with Crippen LogP contribution in [0.1, 0.15) is 10.4 Å². The molecule has 86 valence electrons. The van der Waals surface area contributed by atoms with E-state index in [-0.39, 0.29) is 0 Å². The Hall–Kier alpha value is -2.36. The summed E-state index contributed by atoms with van der Waals surface area (Å²) >= 11 is 0. The van der Waals surface area contributed by atoms with Crippen molar-refractivity contribution in [3.05, 3.63) is 48.3 Å². The van der Waals surface area contributed by atoms with Crippen molar-refractivity contribution in [3.8, 4) is 16.9 Å². The monoisotopic (exact) mass is 228 g/mol. The number of methoxy groups -OCH3 is 1. The first-order valence-electron chi connectivity index (χ1n) is 5.10. The zero-order valence-electron chi connectivity index (χ0n) is 9.38. The van der Waals surface area contributed by atoms with E-state index < -0.39 is 5.91 Å². The Labute approximate surface area is 99.1 Å². The maximum atomic E-state index is 10.9. The van der Waals surface area contributed by atoms with Crippen LogP contribution in [0.15, 0.2) is 42.7 Å². The number of rotatable bonds is 3. The van der Waals surface area contributed by atoms with Gasteiger partial charge >= 0.3 is 0 Å². The van der Waals surface area contributed by atoms with Crippen molar-refractivity contribution < 1.29 is 9.53 Å². The fourth-order valence-corrected chi connectivity index (χ4v) is 1.52. The van der Waals surface area contributed by atoms with E-state index in [2.05, 4.69) is 4.98 Å². The smallest absolute Gasteiger partial charge is 0.248 e. The summed E-state index contributed by atoms with van der Waals surface area (Å²) in [6.45, 7) is 0. The van der Waals surface area contributed by atoms with E-state index in [1.54, 1.807) is 31.6 Å². The van der Waals surface area contributed by atoms with Crippen LogP contribution < -0.4 is 10.5 Å². The van der Waals surface area contributed by atoms with Gasteiger partial charge in [0.2, 0.25) is 5.91 Å². The molecule has 0 bridgehead atoms. The molecule has 2 aromatic rings. The van der Waals surface area contributed by atoms with Crippen molar-refractivity contribution in [1.82, 2.24) is 4.98 Å². The molecular weight excluding hydrogens is 216 g/mol. The summed E-state index contributed by atoms with van der Waals surface area (Å²) in [5.41, 5.74) is 7.56. The highest BCUT2D eigenvalue weighted by molar-refractivity contribution is 5.93. The van der Waals surface area contributed by atoms with Crippen LogP contribution >= 0.6 is 0 Å². The topological polar surface area (TPSA) is 65.2 Å². The van der Waals surface area contributed by atoms with Crippen LogP contribution in [0.5, 0.6) is 5.75 Å². The zero-order valence-corrected chi connectivity index (χ0v) is 9.38. The van der Waals surface area contributed by atoms with Gasteiger partial charge in [-0.1, -0.05) is 12.1 Å². The molecule has 17 heavy (non-hydrogen) atoms. The van der Waals surface area contributed by atoms with Gasteiger partial charge in [-0.3, -0.25) is 9.78 Å². The molecule has 1 aromatic heterocycles. The summed E-state index contributed by atoms with van der Waals surface area (Å²) in [5, 5.41) is 0. The maximum absolute atomic E-state index is 10.9. The Kier molecular flexibility index (Phi) is 3.05. The average molecular weight is 228 g/mol. The number of hydrogen-bond donors (Lipinski definition) is 1. The minimum absolute atomic E-state index is 0.430. The largest absolute Gasteiger partial charge is 0.495 e. The summed E-state index contributed by atoms with van der Waals surface area (Å²) in [4.78, 5) is 15.0. The number of carbonyl (C=O) groups is 1. The summed E-state index contributed by atoms with van der Waals surface area (Å²) < 4.78 is 5.10. The highest BCUT2D eigenvalue weighted by atomic mass is 16.5. The quantitative estimate of drug-likeness (QED) is 0.871. The van der Waals surface area contributed by atoms with E-state index >= 15 is 0 Å².